The third-order valence-electron chi connectivity index (χ3n) is 5.94. The lowest BCUT2D eigenvalue weighted by Gasteiger charge is -2.14. The topological polar surface area (TPSA) is 150 Å². The molecule has 2 aromatic heterocycles. The first kappa shape index (κ1) is 32.5. The van der Waals surface area contributed by atoms with Gasteiger partial charge in [-0.2, -0.15) is 0 Å². The Hall–Kier alpha value is -2.38. The largest absolute Gasteiger partial charge is 0.300 e. The zero-order valence-electron chi connectivity index (χ0n) is 22.8. The molecule has 0 aromatic carbocycles. The van der Waals surface area contributed by atoms with Crippen molar-refractivity contribution in [2.24, 2.45) is 0 Å². The van der Waals surface area contributed by atoms with Crippen LogP contribution in [0.25, 0.3) is 0 Å². The molecule has 2 saturated heterocycles. The van der Waals surface area contributed by atoms with Crippen LogP contribution in [0.5, 0.6) is 0 Å². The fourth-order valence-corrected chi connectivity index (χ4v) is 8.08. The lowest BCUT2D eigenvalue weighted by atomic mass is 10.3. The predicted molar refractivity (Wildman–Crippen MR) is 174 cm³/mol. The molecule has 0 radical (unpaired) electrons. The summed E-state index contributed by atoms with van der Waals surface area (Å²) in [6.45, 7) is 4.28. The molecule has 2 N–H and O–H groups in total. The van der Waals surface area contributed by atoms with Gasteiger partial charge in [-0.15, -0.1) is 20.4 Å². The highest BCUT2D eigenvalue weighted by molar-refractivity contribution is 8.29. The SMILES string of the molecule is CCCCc1nnc(NC(=O)CCN2C(=O)/C(=C3/SC(=S)N(CCC(=O)Nc4nnc(CCCC)s4)C3=O)SC2=S)s1. The average Bonchev–Trinajstić information content (AvgIpc) is 3.72. The zero-order chi connectivity index (χ0) is 30.2. The van der Waals surface area contributed by atoms with Crippen molar-refractivity contribution in [3.8, 4) is 0 Å². The number of nitrogens with zero attached hydrogens (tertiary/aromatic N) is 6. The van der Waals surface area contributed by atoms with Crippen molar-refractivity contribution in [3.63, 3.8) is 0 Å². The molecular weight excluding hydrogens is 657 g/mol. The van der Waals surface area contributed by atoms with E-state index in [1.165, 1.54) is 32.5 Å². The van der Waals surface area contributed by atoms with Crippen LogP contribution in [-0.2, 0) is 32.0 Å². The third-order valence-corrected chi connectivity index (χ3v) is 10.8. The summed E-state index contributed by atoms with van der Waals surface area (Å²) in [6, 6.07) is 0. The molecule has 0 unspecified atom stereocenters. The Morgan fingerprint density at radius 3 is 1.50 bits per heavy atom. The van der Waals surface area contributed by atoms with Crippen LogP contribution in [0.1, 0.15) is 62.4 Å². The highest BCUT2D eigenvalue weighted by Gasteiger charge is 2.42. The van der Waals surface area contributed by atoms with Gasteiger partial charge in [0.15, 0.2) is 0 Å². The molecule has 18 heteroatoms. The monoisotopic (exact) mass is 684 g/mol. The highest BCUT2D eigenvalue weighted by atomic mass is 32.2. The zero-order valence-corrected chi connectivity index (χ0v) is 27.7. The van der Waals surface area contributed by atoms with E-state index in [0.717, 1.165) is 72.1 Å². The summed E-state index contributed by atoms with van der Waals surface area (Å²) >= 11 is 15.4. The Labute approximate surface area is 269 Å². The molecular formula is C24H28N8O4S6. The van der Waals surface area contributed by atoms with Gasteiger partial charge >= 0.3 is 0 Å². The van der Waals surface area contributed by atoms with Crippen LogP contribution in [0.4, 0.5) is 10.3 Å². The molecule has 0 atom stereocenters. The summed E-state index contributed by atoms with van der Waals surface area (Å²) in [5.74, 6) is -1.55. The molecule has 0 spiro atoms. The van der Waals surface area contributed by atoms with Crippen molar-refractivity contribution in [3.05, 3.63) is 19.8 Å². The number of amides is 4. The van der Waals surface area contributed by atoms with E-state index in [9.17, 15) is 19.2 Å². The number of rotatable bonds is 14. The summed E-state index contributed by atoms with van der Waals surface area (Å²) in [5, 5.41) is 24.1. The molecule has 2 aliphatic heterocycles. The third kappa shape index (κ3) is 8.37. The lowest BCUT2D eigenvalue weighted by Crippen LogP contribution is -2.33. The average molecular weight is 685 g/mol. The van der Waals surface area contributed by atoms with Crippen LogP contribution in [-0.4, -0.2) is 75.6 Å². The molecule has 4 rings (SSSR count). The molecule has 0 bridgehead atoms. The van der Waals surface area contributed by atoms with Gasteiger partial charge in [-0.1, -0.05) is 97.3 Å². The molecule has 0 saturated carbocycles. The number of hydrogen-bond acceptors (Lipinski definition) is 14. The van der Waals surface area contributed by atoms with Crippen molar-refractivity contribution in [1.29, 1.82) is 0 Å². The lowest BCUT2D eigenvalue weighted by molar-refractivity contribution is -0.125. The van der Waals surface area contributed by atoms with E-state index in [-0.39, 0.29) is 56.2 Å². The highest BCUT2D eigenvalue weighted by Crippen LogP contribution is 2.42. The first-order valence-electron chi connectivity index (χ1n) is 13.3. The number of unbranched alkanes of at least 4 members (excludes halogenated alkanes) is 2. The van der Waals surface area contributed by atoms with Gasteiger partial charge in [0.25, 0.3) is 11.8 Å². The standard InChI is InChI=1S/C24H28N8O4S6/c1-3-5-7-15-27-29-21(39-15)25-13(33)9-11-31-19(35)17(41-23(31)37)18-20(36)32(24(38)42-18)12-10-14(34)26-22-30-28-16(40-22)8-6-4-2/h3-12H2,1-2H3,(H,25,29,33)(H,26,30,34)/b18-17-. The number of anilines is 2. The van der Waals surface area contributed by atoms with Crippen molar-refractivity contribution < 1.29 is 19.2 Å². The predicted octanol–water partition coefficient (Wildman–Crippen LogP) is 4.36. The van der Waals surface area contributed by atoms with Gasteiger partial charge in [0, 0.05) is 38.8 Å². The number of nitrogens with one attached hydrogen (secondary N) is 2. The molecule has 42 heavy (non-hydrogen) atoms. The van der Waals surface area contributed by atoms with Gasteiger partial charge in [-0.05, 0) is 12.8 Å². The van der Waals surface area contributed by atoms with Crippen LogP contribution in [0.3, 0.4) is 0 Å². The van der Waals surface area contributed by atoms with Crippen LogP contribution in [0.15, 0.2) is 9.81 Å². The minimum absolute atomic E-state index is 0.00558. The molecule has 2 aromatic rings. The maximum Gasteiger partial charge on any atom is 0.267 e. The van der Waals surface area contributed by atoms with Gasteiger partial charge < -0.3 is 10.6 Å². The summed E-state index contributed by atoms with van der Waals surface area (Å²) in [7, 11) is 0. The van der Waals surface area contributed by atoms with Crippen molar-refractivity contribution >= 4 is 113 Å². The van der Waals surface area contributed by atoms with Crippen molar-refractivity contribution in [1.82, 2.24) is 30.2 Å². The van der Waals surface area contributed by atoms with E-state index in [4.69, 9.17) is 24.4 Å². The number of aromatic nitrogens is 4. The van der Waals surface area contributed by atoms with Crippen LogP contribution in [0.2, 0.25) is 0 Å². The van der Waals surface area contributed by atoms with Gasteiger partial charge in [0.05, 0.1) is 9.81 Å². The Morgan fingerprint density at radius 2 is 1.12 bits per heavy atom. The molecule has 4 heterocycles. The number of carbonyl (C=O) groups excluding carboxylic acids is 4. The molecule has 2 fully saturated rings. The van der Waals surface area contributed by atoms with E-state index in [0.29, 0.717) is 10.3 Å². The second-order valence-electron chi connectivity index (χ2n) is 9.11. The fourth-order valence-electron chi connectivity index (χ4n) is 3.71. The Kier molecular flexibility index (Phi) is 11.9. The quantitative estimate of drug-likeness (QED) is 0.215. The van der Waals surface area contributed by atoms with Gasteiger partial charge in [0.1, 0.15) is 18.7 Å². The van der Waals surface area contributed by atoms with E-state index < -0.39 is 11.8 Å². The first-order valence-corrected chi connectivity index (χ1v) is 17.3. The van der Waals surface area contributed by atoms with E-state index in [1.807, 2.05) is 0 Å². The summed E-state index contributed by atoms with van der Waals surface area (Å²) in [4.78, 5) is 54.2. The minimum Gasteiger partial charge on any atom is -0.300 e. The number of carbonyl (C=O) groups is 4. The number of hydrogen-bond donors (Lipinski definition) is 2. The Balaban J connectivity index is 1.29. The van der Waals surface area contributed by atoms with E-state index in [2.05, 4.69) is 44.9 Å². The van der Waals surface area contributed by atoms with Crippen LogP contribution in [0, 0.1) is 0 Å². The van der Waals surface area contributed by atoms with Crippen molar-refractivity contribution in [2.75, 3.05) is 23.7 Å². The van der Waals surface area contributed by atoms with E-state index in [1.54, 1.807) is 0 Å². The molecule has 4 amide bonds. The van der Waals surface area contributed by atoms with Crippen LogP contribution >= 0.6 is 70.6 Å². The van der Waals surface area contributed by atoms with Gasteiger partial charge in [-0.25, -0.2) is 0 Å². The maximum absolute atomic E-state index is 13.2. The molecule has 12 nitrogen and oxygen atoms in total. The smallest absolute Gasteiger partial charge is 0.267 e. The first-order chi connectivity index (χ1) is 20.2. The summed E-state index contributed by atoms with van der Waals surface area (Å²) in [6.07, 6.45) is 5.68. The van der Waals surface area contributed by atoms with Gasteiger partial charge in [0.2, 0.25) is 22.1 Å². The van der Waals surface area contributed by atoms with Gasteiger partial charge in [-0.3, -0.25) is 29.0 Å². The second-order valence-corrected chi connectivity index (χ2v) is 14.5. The minimum atomic E-state index is -0.455. The second kappa shape index (κ2) is 15.4. The molecule has 224 valence electrons. The fraction of sp³-hybridized carbons (Fsp3) is 0.500. The Morgan fingerprint density at radius 1 is 0.714 bits per heavy atom. The van der Waals surface area contributed by atoms with Crippen molar-refractivity contribution in [2.45, 2.75) is 65.2 Å². The maximum atomic E-state index is 13.2. The number of aryl methyl sites for hydroxylation is 2. The van der Waals surface area contributed by atoms with E-state index >= 15 is 0 Å². The van der Waals surface area contributed by atoms with Crippen LogP contribution < -0.4 is 10.6 Å². The summed E-state index contributed by atoms with van der Waals surface area (Å²) < 4.78 is 0.501. The molecule has 2 aliphatic rings. The number of thiocarbonyl (C=S) groups is 2. The molecule has 0 aliphatic carbocycles. The summed E-state index contributed by atoms with van der Waals surface area (Å²) in [5.41, 5.74) is 0. The number of thioether (sulfide) groups is 2. The normalized spacial score (nSPS) is 17.1. The Bertz CT molecular complexity index is 1320.